The summed E-state index contributed by atoms with van der Waals surface area (Å²) in [6.45, 7) is 5.36. The number of amides is 1. The van der Waals surface area contributed by atoms with Gasteiger partial charge in [-0.2, -0.15) is 0 Å². The van der Waals surface area contributed by atoms with Crippen molar-refractivity contribution < 1.29 is 4.79 Å². The SMILES string of the molecule is C=C/C=N\C1=C(C)CC(=O)N1. The first-order chi connectivity index (χ1) is 5.24. The van der Waals surface area contributed by atoms with Crippen molar-refractivity contribution in [2.24, 2.45) is 4.99 Å². The van der Waals surface area contributed by atoms with Gasteiger partial charge in [-0.1, -0.05) is 12.7 Å². The van der Waals surface area contributed by atoms with Crippen LogP contribution in [0.4, 0.5) is 0 Å². The van der Waals surface area contributed by atoms with E-state index in [1.165, 1.54) is 0 Å². The molecule has 0 bridgehead atoms. The van der Waals surface area contributed by atoms with E-state index in [0.29, 0.717) is 12.2 Å². The van der Waals surface area contributed by atoms with Gasteiger partial charge in [0.2, 0.25) is 5.91 Å². The molecule has 11 heavy (non-hydrogen) atoms. The Balaban J connectivity index is 2.71. The van der Waals surface area contributed by atoms with E-state index >= 15 is 0 Å². The normalized spacial score (nSPS) is 17.7. The molecule has 58 valence electrons. The topological polar surface area (TPSA) is 41.5 Å². The molecule has 0 unspecified atom stereocenters. The highest BCUT2D eigenvalue weighted by atomic mass is 16.1. The van der Waals surface area contributed by atoms with Crippen molar-refractivity contribution >= 4 is 12.1 Å². The molecule has 1 amide bonds. The maximum Gasteiger partial charge on any atom is 0.229 e. The average Bonchev–Trinajstić information content (AvgIpc) is 2.26. The third-order valence-corrected chi connectivity index (χ3v) is 1.40. The van der Waals surface area contributed by atoms with E-state index in [-0.39, 0.29) is 5.91 Å². The van der Waals surface area contributed by atoms with E-state index in [4.69, 9.17) is 0 Å². The molecule has 1 rings (SSSR count). The van der Waals surface area contributed by atoms with Crippen molar-refractivity contribution in [3.8, 4) is 0 Å². The summed E-state index contributed by atoms with van der Waals surface area (Å²) >= 11 is 0. The second-order valence-electron chi connectivity index (χ2n) is 2.37. The Morgan fingerprint density at radius 2 is 2.45 bits per heavy atom. The summed E-state index contributed by atoms with van der Waals surface area (Å²) in [5.74, 6) is 0.675. The molecule has 0 aromatic carbocycles. The van der Waals surface area contributed by atoms with Gasteiger partial charge in [0.1, 0.15) is 5.82 Å². The Bertz CT molecular complexity index is 251. The lowest BCUT2D eigenvalue weighted by molar-refractivity contribution is -0.118. The Kier molecular flexibility index (Phi) is 2.21. The lowest BCUT2D eigenvalue weighted by Gasteiger charge is -1.92. The van der Waals surface area contributed by atoms with Gasteiger partial charge in [-0.3, -0.25) is 4.79 Å². The monoisotopic (exact) mass is 150 g/mol. The minimum atomic E-state index is 0.0127. The third-order valence-electron chi connectivity index (χ3n) is 1.40. The summed E-state index contributed by atoms with van der Waals surface area (Å²) in [5.41, 5.74) is 0.980. The number of hydrogen-bond acceptors (Lipinski definition) is 2. The molecular weight excluding hydrogens is 140 g/mol. The molecule has 0 aromatic heterocycles. The highest BCUT2D eigenvalue weighted by molar-refractivity contribution is 5.84. The summed E-state index contributed by atoms with van der Waals surface area (Å²) < 4.78 is 0. The number of hydrogen-bond donors (Lipinski definition) is 1. The number of carbonyl (C=O) groups excluding carboxylic acids is 1. The van der Waals surface area contributed by atoms with Gasteiger partial charge in [-0.05, 0) is 12.5 Å². The van der Waals surface area contributed by atoms with Crippen LogP contribution >= 0.6 is 0 Å². The summed E-state index contributed by atoms with van der Waals surface area (Å²) in [4.78, 5) is 14.8. The van der Waals surface area contributed by atoms with Gasteiger partial charge in [0.15, 0.2) is 0 Å². The largest absolute Gasteiger partial charge is 0.310 e. The molecule has 0 spiro atoms. The molecule has 0 atom stereocenters. The highest BCUT2D eigenvalue weighted by Crippen LogP contribution is 2.13. The maximum absolute atomic E-state index is 10.8. The molecule has 3 nitrogen and oxygen atoms in total. The van der Waals surface area contributed by atoms with Gasteiger partial charge in [-0.25, -0.2) is 4.99 Å². The van der Waals surface area contributed by atoms with E-state index in [1.54, 1.807) is 12.3 Å². The van der Waals surface area contributed by atoms with Crippen molar-refractivity contribution in [3.05, 3.63) is 24.0 Å². The number of carbonyl (C=O) groups is 1. The fourth-order valence-electron chi connectivity index (χ4n) is 0.877. The molecule has 0 aromatic rings. The van der Waals surface area contributed by atoms with Gasteiger partial charge in [0.25, 0.3) is 0 Å². The van der Waals surface area contributed by atoms with Crippen LogP contribution in [0.5, 0.6) is 0 Å². The smallest absolute Gasteiger partial charge is 0.229 e. The Morgan fingerprint density at radius 3 is 2.91 bits per heavy atom. The highest BCUT2D eigenvalue weighted by Gasteiger charge is 2.15. The molecular formula is C8H10N2O. The molecule has 1 heterocycles. The number of nitrogens with one attached hydrogen (secondary N) is 1. The van der Waals surface area contributed by atoms with Crippen molar-refractivity contribution in [1.29, 1.82) is 0 Å². The summed E-state index contributed by atoms with van der Waals surface area (Å²) in [5, 5.41) is 2.63. The zero-order valence-corrected chi connectivity index (χ0v) is 6.42. The quantitative estimate of drug-likeness (QED) is 0.586. The summed E-state index contributed by atoms with van der Waals surface area (Å²) in [7, 11) is 0. The van der Waals surface area contributed by atoms with E-state index in [9.17, 15) is 4.79 Å². The molecule has 0 aliphatic carbocycles. The standard InChI is InChI=1S/C8H10N2O/c1-3-4-9-8-6(2)5-7(11)10-8/h3-4H,1,5H2,2H3,(H,10,11)/b9-4-. The van der Waals surface area contributed by atoms with Crippen LogP contribution in [0.25, 0.3) is 0 Å². The van der Waals surface area contributed by atoms with Crippen LogP contribution in [0.15, 0.2) is 29.0 Å². The lowest BCUT2D eigenvalue weighted by atomic mass is 10.2. The predicted octanol–water partition coefficient (Wildman–Crippen LogP) is 0.995. The number of rotatable bonds is 2. The van der Waals surface area contributed by atoms with E-state index in [1.807, 2.05) is 6.92 Å². The van der Waals surface area contributed by atoms with Crippen LogP contribution in [-0.2, 0) is 4.79 Å². The first-order valence-corrected chi connectivity index (χ1v) is 3.38. The molecule has 1 aliphatic heterocycles. The van der Waals surface area contributed by atoms with Crippen molar-refractivity contribution in [1.82, 2.24) is 5.32 Å². The van der Waals surface area contributed by atoms with E-state index < -0.39 is 0 Å². The van der Waals surface area contributed by atoms with Crippen LogP contribution in [-0.4, -0.2) is 12.1 Å². The zero-order valence-electron chi connectivity index (χ0n) is 6.42. The van der Waals surface area contributed by atoms with Crippen LogP contribution < -0.4 is 5.32 Å². The Labute approximate surface area is 65.5 Å². The molecule has 0 saturated heterocycles. The average molecular weight is 150 g/mol. The first kappa shape index (κ1) is 7.72. The van der Waals surface area contributed by atoms with Gasteiger partial charge >= 0.3 is 0 Å². The fourth-order valence-corrected chi connectivity index (χ4v) is 0.877. The van der Waals surface area contributed by atoms with Crippen molar-refractivity contribution in [2.45, 2.75) is 13.3 Å². The lowest BCUT2D eigenvalue weighted by Crippen LogP contribution is -2.13. The van der Waals surface area contributed by atoms with E-state index in [2.05, 4.69) is 16.9 Å². The zero-order chi connectivity index (χ0) is 8.27. The van der Waals surface area contributed by atoms with Gasteiger partial charge < -0.3 is 5.32 Å². The van der Waals surface area contributed by atoms with Crippen LogP contribution in [0.3, 0.4) is 0 Å². The maximum atomic E-state index is 10.8. The Hall–Kier alpha value is -1.38. The predicted molar refractivity (Wildman–Crippen MR) is 44.1 cm³/mol. The molecule has 0 fully saturated rings. The molecule has 0 radical (unpaired) electrons. The van der Waals surface area contributed by atoms with Crippen LogP contribution in [0.1, 0.15) is 13.3 Å². The third kappa shape index (κ3) is 1.77. The summed E-state index contributed by atoms with van der Waals surface area (Å²) in [6, 6.07) is 0. The van der Waals surface area contributed by atoms with Gasteiger partial charge in [-0.15, -0.1) is 0 Å². The van der Waals surface area contributed by atoms with Crippen LogP contribution in [0, 0.1) is 0 Å². The van der Waals surface area contributed by atoms with Gasteiger partial charge in [0, 0.05) is 6.21 Å². The molecule has 0 saturated carbocycles. The first-order valence-electron chi connectivity index (χ1n) is 3.38. The van der Waals surface area contributed by atoms with E-state index in [0.717, 1.165) is 5.57 Å². The van der Waals surface area contributed by atoms with Crippen molar-refractivity contribution in [3.63, 3.8) is 0 Å². The summed E-state index contributed by atoms with van der Waals surface area (Å²) in [6.07, 6.45) is 3.60. The Morgan fingerprint density at radius 1 is 1.73 bits per heavy atom. The second kappa shape index (κ2) is 3.14. The fraction of sp³-hybridized carbons (Fsp3) is 0.250. The molecule has 1 N–H and O–H groups in total. The minimum Gasteiger partial charge on any atom is -0.310 e. The minimum absolute atomic E-state index is 0.0127. The molecule has 1 aliphatic rings. The number of allylic oxidation sites excluding steroid dienone is 1. The van der Waals surface area contributed by atoms with Crippen molar-refractivity contribution in [2.75, 3.05) is 0 Å². The number of nitrogens with zero attached hydrogens (tertiary/aromatic N) is 1. The van der Waals surface area contributed by atoms with Crippen LogP contribution in [0.2, 0.25) is 0 Å². The van der Waals surface area contributed by atoms with Gasteiger partial charge in [0.05, 0.1) is 6.42 Å². The second-order valence-corrected chi connectivity index (χ2v) is 2.37. The number of aliphatic imine (C=N–C) groups is 1. The molecule has 3 heteroatoms.